The van der Waals surface area contributed by atoms with Gasteiger partial charge in [-0.25, -0.2) is 4.57 Å². The number of phosphoric ester groups is 1. The quantitative estimate of drug-likeness (QED) is 0.0211. The summed E-state index contributed by atoms with van der Waals surface area (Å²) in [5, 5.41) is 0. The van der Waals surface area contributed by atoms with Crippen molar-refractivity contribution in [2.45, 2.75) is 251 Å². The molecular formula is C74H123NO8P+. The Morgan fingerprint density at radius 2 is 0.643 bits per heavy atom. The van der Waals surface area contributed by atoms with Gasteiger partial charge in [-0.2, -0.15) is 0 Å². The number of carbonyl (C=O) groups is 2. The lowest BCUT2D eigenvalue weighted by Gasteiger charge is -2.24. The highest BCUT2D eigenvalue weighted by atomic mass is 31.2. The van der Waals surface area contributed by atoms with Crippen LogP contribution in [0.5, 0.6) is 0 Å². The van der Waals surface area contributed by atoms with Gasteiger partial charge in [-0.1, -0.05) is 268 Å². The van der Waals surface area contributed by atoms with E-state index in [1.165, 1.54) is 83.5 Å². The maximum atomic E-state index is 12.9. The number of nitrogens with zero attached hydrogens (tertiary/aromatic N) is 1. The highest BCUT2D eigenvalue weighted by molar-refractivity contribution is 7.47. The van der Waals surface area contributed by atoms with Gasteiger partial charge in [-0.3, -0.25) is 18.6 Å². The number of carbonyl (C=O) groups excluding carboxylic acids is 2. The number of likely N-dealkylation sites (N-methyl/N-ethyl adjacent to an activating group) is 1. The molecule has 1 N–H and O–H groups in total. The summed E-state index contributed by atoms with van der Waals surface area (Å²) < 4.78 is 34.7. The Labute approximate surface area is 516 Å². The van der Waals surface area contributed by atoms with Crippen LogP contribution in [-0.4, -0.2) is 74.9 Å². The second-order valence-electron chi connectivity index (χ2n) is 22.7. The molecule has 0 aromatic heterocycles. The van der Waals surface area contributed by atoms with Gasteiger partial charge in [0.2, 0.25) is 0 Å². The van der Waals surface area contributed by atoms with Crippen molar-refractivity contribution in [2.75, 3.05) is 47.5 Å². The number of hydrogen-bond donors (Lipinski definition) is 1. The molecule has 0 heterocycles. The van der Waals surface area contributed by atoms with E-state index in [2.05, 4.69) is 172 Å². The van der Waals surface area contributed by atoms with Gasteiger partial charge in [0.15, 0.2) is 6.10 Å². The molecule has 0 aliphatic carbocycles. The summed E-state index contributed by atoms with van der Waals surface area (Å²) in [4.78, 5) is 35.9. The van der Waals surface area contributed by atoms with E-state index in [1.807, 2.05) is 21.1 Å². The van der Waals surface area contributed by atoms with Gasteiger partial charge < -0.3 is 18.9 Å². The van der Waals surface area contributed by atoms with Gasteiger partial charge in [0.1, 0.15) is 19.8 Å². The number of quaternary nitrogens is 1. The number of hydrogen-bond acceptors (Lipinski definition) is 7. The third-order valence-corrected chi connectivity index (χ3v) is 14.5. The molecule has 2 unspecified atom stereocenters. The molecule has 0 rings (SSSR count). The Morgan fingerprint density at radius 3 is 0.952 bits per heavy atom. The van der Waals surface area contributed by atoms with Crippen LogP contribution < -0.4 is 0 Å². The predicted molar refractivity (Wildman–Crippen MR) is 362 cm³/mol. The minimum absolute atomic E-state index is 0.0206. The standard InChI is InChI=1S/C74H122NO8P/c1-6-8-10-12-14-16-18-20-22-24-26-28-30-32-34-36-37-39-40-42-44-46-48-50-52-54-56-58-60-62-64-66-73(76)80-70-72(71-82-84(78,79)81-69-68-75(3,4)5)83-74(77)67-65-63-61-59-57-55-53-51-49-47-45-43-41-38-35-33-31-29-27-25-23-21-19-17-15-13-11-9-7-2/h8-11,14-17,20-23,26-29,32-35,37,39,41,43,47,49,72H,6-7,12-13,18-19,24-25,30-31,36,38,40,42,44-46,48,50-71H2,1-5H3/p+1/b10-8-,11-9-,16-14-,17-15-,22-20-,23-21-,28-26-,29-27-,34-32-,35-33-,39-37-,43-41-,49-47-. The van der Waals surface area contributed by atoms with Crippen molar-refractivity contribution >= 4 is 19.8 Å². The van der Waals surface area contributed by atoms with Crippen molar-refractivity contribution in [3.05, 3.63) is 158 Å². The summed E-state index contributed by atoms with van der Waals surface area (Å²) in [7, 11) is 1.45. The molecule has 0 aliphatic rings. The monoisotopic (exact) mass is 1180 g/mol. The van der Waals surface area contributed by atoms with Crippen LogP contribution in [0.1, 0.15) is 245 Å². The number of phosphoric acid groups is 1. The van der Waals surface area contributed by atoms with E-state index < -0.39 is 26.5 Å². The fourth-order valence-corrected chi connectivity index (χ4v) is 9.27. The first-order chi connectivity index (χ1) is 41.0. The topological polar surface area (TPSA) is 108 Å². The largest absolute Gasteiger partial charge is 0.472 e. The van der Waals surface area contributed by atoms with Crippen LogP contribution in [-0.2, 0) is 32.7 Å². The molecule has 10 heteroatoms. The molecular weight excluding hydrogens is 1060 g/mol. The first kappa shape index (κ1) is 79.6. The molecule has 9 nitrogen and oxygen atoms in total. The number of unbranched alkanes of at least 4 members (excludes halogenated alkanes) is 19. The molecule has 0 radical (unpaired) electrons. The van der Waals surface area contributed by atoms with Crippen LogP contribution in [0.25, 0.3) is 0 Å². The molecule has 84 heavy (non-hydrogen) atoms. The predicted octanol–water partition coefficient (Wildman–Crippen LogP) is 21.6. The zero-order chi connectivity index (χ0) is 61.2. The van der Waals surface area contributed by atoms with Crippen molar-refractivity contribution in [1.29, 1.82) is 0 Å². The van der Waals surface area contributed by atoms with Crippen LogP contribution in [0.4, 0.5) is 0 Å². The molecule has 0 fully saturated rings. The third kappa shape index (κ3) is 66.8. The van der Waals surface area contributed by atoms with Crippen LogP contribution in [0.15, 0.2) is 158 Å². The third-order valence-electron chi connectivity index (χ3n) is 13.6. The number of esters is 2. The zero-order valence-electron chi connectivity index (χ0n) is 54.1. The minimum Gasteiger partial charge on any atom is -0.462 e. The molecule has 0 aliphatic heterocycles. The summed E-state index contributed by atoms with van der Waals surface area (Å²) in [6.45, 7) is 4.18. The summed E-state index contributed by atoms with van der Waals surface area (Å²) in [6, 6.07) is 0. The van der Waals surface area contributed by atoms with Crippen molar-refractivity contribution in [1.82, 2.24) is 0 Å². The minimum atomic E-state index is -4.41. The first-order valence-electron chi connectivity index (χ1n) is 33.2. The number of rotatable bonds is 59. The van der Waals surface area contributed by atoms with Gasteiger partial charge in [0, 0.05) is 12.8 Å². The maximum Gasteiger partial charge on any atom is 0.472 e. The van der Waals surface area contributed by atoms with Gasteiger partial charge in [0.25, 0.3) is 0 Å². The Bertz CT molecular complexity index is 1970. The molecule has 0 aromatic rings. The number of ether oxygens (including phenoxy) is 2. The van der Waals surface area contributed by atoms with E-state index in [-0.39, 0.29) is 32.0 Å². The Hall–Kier alpha value is -4.37. The van der Waals surface area contributed by atoms with Crippen molar-refractivity contribution < 1.29 is 42.1 Å². The van der Waals surface area contributed by atoms with Gasteiger partial charge >= 0.3 is 19.8 Å². The van der Waals surface area contributed by atoms with Crippen LogP contribution in [0.2, 0.25) is 0 Å². The summed E-state index contributed by atoms with van der Waals surface area (Å²) in [5.74, 6) is -0.821. The van der Waals surface area contributed by atoms with Crippen LogP contribution in [0.3, 0.4) is 0 Å². The lowest BCUT2D eigenvalue weighted by atomic mass is 10.0. The summed E-state index contributed by atoms with van der Waals surface area (Å²) in [5.41, 5.74) is 0. The van der Waals surface area contributed by atoms with Gasteiger partial charge in [-0.15, -0.1) is 0 Å². The SMILES string of the molecule is CC/C=C\C/C=C\C/C=C\C/C=C\C/C=C\C/C=C\C/C=C\CCCCCCCCCC(=O)OC(COC(=O)CCCCCCCCCCCCCC/C=C\C/C=C\C/C=C\C/C=C\C/C=C\C/C=C\CC)COP(=O)(O)OCC[N+](C)(C)C. The molecule has 0 amide bonds. The Kier molecular flexibility index (Phi) is 59.9. The smallest absolute Gasteiger partial charge is 0.462 e. The Morgan fingerprint density at radius 1 is 0.369 bits per heavy atom. The summed E-state index contributed by atoms with van der Waals surface area (Å²) >= 11 is 0. The second kappa shape index (κ2) is 63.1. The average Bonchev–Trinajstić information content (AvgIpc) is 3.61. The van der Waals surface area contributed by atoms with Crippen LogP contribution >= 0.6 is 7.82 Å². The first-order valence-corrected chi connectivity index (χ1v) is 34.7. The lowest BCUT2D eigenvalue weighted by molar-refractivity contribution is -0.870. The molecule has 0 spiro atoms. The van der Waals surface area contributed by atoms with E-state index in [1.54, 1.807) is 0 Å². The van der Waals surface area contributed by atoms with E-state index >= 15 is 0 Å². The van der Waals surface area contributed by atoms with E-state index in [0.29, 0.717) is 17.4 Å². The van der Waals surface area contributed by atoms with E-state index in [4.69, 9.17) is 18.5 Å². The highest BCUT2D eigenvalue weighted by Gasteiger charge is 2.27. The van der Waals surface area contributed by atoms with Gasteiger partial charge in [-0.05, 0) is 122 Å². The van der Waals surface area contributed by atoms with E-state index in [0.717, 1.165) is 128 Å². The normalized spacial score (nSPS) is 14.2. The number of allylic oxidation sites excluding steroid dienone is 26. The molecule has 476 valence electrons. The fourth-order valence-electron chi connectivity index (χ4n) is 8.53. The Balaban J connectivity index is 4.17. The summed E-state index contributed by atoms with van der Waals surface area (Å²) in [6.07, 6.45) is 94.6. The maximum absolute atomic E-state index is 12.9. The molecule has 0 aromatic carbocycles. The van der Waals surface area contributed by atoms with Crippen LogP contribution in [0, 0.1) is 0 Å². The second-order valence-corrected chi connectivity index (χ2v) is 24.2. The van der Waals surface area contributed by atoms with Crippen molar-refractivity contribution in [3.8, 4) is 0 Å². The molecule has 0 bridgehead atoms. The van der Waals surface area contributed by atoms with Crippen molar-refractivity contribution in [2.24, 2.45) is 0 Å². The van der Waals surface area contributed by atoms with Crippen molar-refractivity contribution in [3.63, 3.8) is 0 Å². The molecule has 0 saturated carbocycles. The molecule has 2 atom stereocenters. The average molecular weight is 1190 g/mol. The lowest BCUT2D eigenvalue weighted by Crippen LogP contribution is -2.37. The molecule has 0 saturated heterocycles. The van der Waals surface area contributed by atoms with Gasteiger partial charge in [0.05, 0.1) is 27.7 Å². The van der Waals surface area contributed by atoms with E-state index in [9.17, 15) is 19.0 Å². The zero-order valence-corrected chi connectivity index (χ0v) is 55.0. The highest BCUT2D eigenvalue weighted by Crippen LogP contribution is 2.43. The fraction of sp³-hybridized carbons (Fsp3) is 0.622.